The molecule has 0 aliphatic rings. The van der Waals surface area contributed by atoms with Crippen LogP contribution in [0.15, 0.2) is 16.7 Å². The number of nitrogens with one attached hydrogen (secondary N) is 1. The van der Waals surface area contributed by atoms with Gasteiger partial charge in [-0.05, 0) is 24.6 Å². The molecule has 9 heteroatoms. The Morgan fingerprint density at radius 2 is 2.00 bits per heavy atom. The van der Waals surface area contributed by atoms with E-state index in [1.54, 1.807) is 0 Å². The van der Waals surface area contributed by atoms with Crippen LogP contribution in [0.25, 0.3) is 0 Å². The summed E-state index contributed by atoms with van der Waals surface area (Å²) < 4.78 is 35.0. The third-order valence-electron chi connectivity index (χ3n) is 2.86. The van der Waals surface area contributed by atoms with E-state index in [4.69, 9.17) is 16.0 Å². The third-order valence-corrected chi connectivity index (χ3v) is 5.01. The van der Waals surface area contributed by atoms with Gasteiger partial charge in [0.1, 0.15) is 0 Å². The SMILES string of the molecule is COC(=O)[C@H](C)[C@@H](C)S(=O)(=O)NC(=O)c1ccoc1Cl. The Morgan fingerprint density at radius 1 is 1.40 bits per heavy atom. The van der Waals surface area contributed by atoms with Gasteiger partial charge in [-0.15, -0.1) is 0 Å². The summed E-state index contributed by atoms with van der Waals surface area (Å²) in [5.41, 5.74) is -0.104. The summed E-state index contributed by atoms with van der Waals surface area (Å²) in [6, 6.07) is 1.24. The molecule has 0 spiro atoms. The number of esters is 1. The first-order valence-electron chi connectivity index (χ1n) is 5.57. The van der Waals surface area contributed by atoms with Crippen molar-refractivity contribution >= 4 is 33.5 Å². The zero-order valence-corrected chi connectivity index (χ0v) is 12.6. The van der Waals surface area contributed by atoms with Gasteiger partial charge >= 0.3 is 5.97 Å². The minimum absolute atomic E-state index is 0.104. The molecule has 1 N–H and O–H groups in total. The number of hydrogen-bond donors (Lipinski definition) is 1. The van der Waals surface area contributed by atoms with Gasteiger partial charge < -0.3 is 9.15 Å². The van der Waals surface area contributed by atoms with Gasteiger partial charge in [0.25, 0.3) is 5.91 Å². The highest BCUT2D eigenvalue weighted by Gasteiger charge is 2.33. The lowest BCUT2D eigenvalue weighted by Gasteiger charge is -2.18. The number of carbonyl (C=O) groups excluding carboxylic acids is 2. The Kier molecular flexibility index (Phi) is 5.18. The third kappa shape index (κ3) is 3.51. The smallest absolute Gasteiger partial charge is 0.309 e. The molecule has 112 valence electrons. The molecule has 0 unspecified atom stereocenters. The number of sulfonamides is 1. The van der Waals surface area contributed by atoms with E-state index in [1.807, 2.05) is 4.72 Å². The van der Waals surface area contributed by atoms with Crippen molar-refractivity contribution in [2.75, 3.05) is 7.11 Å². The molecule has 7 nitrogen and oxygen atoms in total. The predicted molar refractivity (Wildman–Crippen MR) is 70.7 cm³/mol. The summed E-state index contributed by atoms with van der Waals surface area (Å²) in [6.07, 6.45) is 1.16. The molecule has 0 saturated carbocycles. The minimum Gasteiger partial charge on any atom is -0.469 e. The number of hydrogen-bond acceptors (Lipinski definition) is 6. The second kappa shape index (κ2) is 6.27. The fraction of sp³-hybridized carbons (Fsp3) is 0.455. The van der Waals surface area contributed by atoms with E-state index in [0.29, 0.717) is 0 Å². The molecule has 0 bridgehead atoms. The van der Waals surface area contributed by atoms with Crippen molar-refractivity contribution in [1.29, 1.82) is 0 Å². The summed E-state index contributed by atoms with van der Waals surface area (Å²) in [6.45, 7) is 2.69. The van der Waals surface area contributed by atoms with Crippen LogP contribution in [-0.4, -0.2) is 32.7 Å². The highest BCUT2D eigenvalue weighted by molar-refractivity contribution is 7.90. The van der Waals surface area contributed by atoms with Crippen LogP contribution < -0.4 is 4.72 Å². The molecule has 1 heterocycles. The predicted octanol–water partition coefficient (Wildman–Crippen LogP) is 1.19. The lowest BCUT2D eigenvalue weighted by Crippen LogP contribution is -2.42. The minimum atomic E-state index is -4.06. The van der Waals surface area contributed by atoms with Crippen LogP contribution in [0.2, 0.25) is 5.22 Å². The molecule has 0 saturated heterocycles. The highest BCUT2D eigenvalue weighted by atomic mass is 35.5. The molecule has 20 heavy (non-hydrogen) atoms. The quantitative estimate of drug-likeness (QED) is 0.816. The average Bonchev–Trinajstić information content (AvgIpc) is 2.81. The molecule has 1 rings (SSSR count). The highest BCUT2D eigenvalue weighted by Crippen LogP contribution is 2.18. The fourth-order valence-corrected chi connectivity index (χ4v) is 2.78. The lowest BCUT2D eigenvalue weighted by molar-refractivity contribution is -0.144. The molecule has 0 aliphatic carbocycles. The van der Waals surface area contributed by atoms with Crippen molar-refractivity contribution < 1.29 is 27.2 Å². The van der Waals surface area contributed by atoms with E-state index in [-0.39, 0.29) is 10.8 Å². The molecular weight excluding hydrogens is 310 g/mol. The number of amides is 1. The Morgan fingerprint density at radius 3 is 2.45 bits per heavy atom. The van der Waals surface area contributed by atoms with Crippen molar-refractivity contribution in [3.8, 4) is 0 Å². The maximum atomic E-state index is 12.0. The van der Waals surface area contributed by atoms with E-state index in [2.05, 4.69) is 4.74 Å². The van der Waals surface area contributed by atoms with Crippen LogP contribution >= 0.6 is 11.6 Å². The van der Waals surface area contributed by atoms with Crippen LogP contribution in [0.5, 0.6) is 0 Å². The second-order valence-corrected chi connectivity index (χ2v) is 6.48. The Balaban J connectivity index is 2.88. The van der Waals surface area contributed by atoms with Gasteiger partial charge in [0.2, 0.25) is 15.2 Å². The van der Waals surface area contributed by atoms with Crippen molar-refractivity contribution in [3.63, 3.8) is 0 Å². The summed E-state index contributed by atoms with van der Waals surface area (Å²) in [7, 11) is -2.90. The van der Waals surface area contributed by atoms with Crippen LogP contribution in [0.4, 0.5) is 0 Å². The van der Waals surface area contributed by atoms with Crippen LogP contribution in [0.3, 0.4) is 0 Å². The zero-order valence-electron chi connectivity index (χ0n) is 11.0. The van der Waals surface area contributed by atoms with Gasteiger partial charge in [-0.1, -0.05) is 6.92 Å². The molecule has 2 atom stereocenters. The largest absolute Gasteiger partial charge is 0.469 e. The van der Waals surface area contributed by atoms with Crippen molar-refractivity contribution in [2.45, 2.75) is 19.1 Å². The van der Waals surface area contributed by atoms with Crippen LogP contribution in [0, 0.1) is 5.92 Å². The van der Waals surface area contributed by atoms with Crippen molar-refractivity contribution in [1.82, 2.24) is 4.72 Å². The number of methoxy groups -OCH3 is 1. The summed E-state index contributed by atoms with van der Waals surface area (Å²) >= 11 is 5.58. The normalized spacial score (nSPS) is 14.4. The molecular formula is C11H14ClNO6S. The molecule has 0 aliphatic heterocycles. The summed E-state index contributed by atoms with van der Waals surface area (Å²) in [5.74, 6) is -2.53. The second-order valence-electron chi connectivity index (χ2n) is 4.10. The van der Waals surface area contributed by atoms with Gasteiger partial charge in [-0.3, -0.25) is 9.59 Å². The fourth-order valence-electron chi connectivity index (χ4n) is 1.38. The first-order valence-corrected chi connectivity index (χ1v) is 7.50. The average molecular weight is 324 g/mol. The number of halogens is 1. The lowest BCUT2D eigenvalue weighted by atomic mass is 10.1. The topological polar surface area (TPSA) is 103 Å². The van der Waals surface area contributed by atoms with Crippen molar-refractivity contribution in [3.05, 3.63) is 23.1 Å². The van der Waals surface area contributed by atoms with Gasteiger partial charge in [0, 0.05) is 0 Å². The van der Waals surface area contributed by atoms with E-state index in [9.17, 15) is 18.0 Å². The van der Waals surface area contributed by atoms with Crippen LogP contribution in [0.1, 0.15) is 24.2 Å². The monoisotopic (exact) mass is 323 g/mol. The van der Waals surface area contributed by atoms with Gasteiger partial charge in [0.15, 0.2) is 0 Å². The van der Waals surface area contributed by atoms with Crippen LogP contribution in [-0.2, 0) is 19.6 Å². The van der Waals surface area contributed by atoms with E-state index < -0.39 is 33.1 Å². The number of ether oxygens (including phenoxy) is 1. The van der Waals surface area contributed by atoms with Gasteiger partial charge in [-0.2, -0.15) is 0 Å². The molecule has 1 amide bonds. The maximum absolute atomic E-state index is 12.0. The molecule has 0 aromatic carbocycles. The zero-order chi connectivity index (χ0) is 15.5. The molecule has 1 aromatic heterocycles. The van der Waals surface area contributed by atoms with Gasteiger partial charge in [0.05, 0.1) is 30.1 Å². The Hall–Kier alpha value is -1.54. The van der Waals surface area contributed by atoms with Crippen molar-refractivity contribution in [2.24, 2.45) is 5.92 Å². The number of furan rings is 1. The Labute approximate surface area is 121 Å². The number of carbonyl (C=O) groups is 2. The van der Waals surface area contributed by atoms with E-state index >= 15 is 0 Å². The Bertz CT molecular complexity index is 608. The maximum Gasteiger partial charge on any atom is 0.309 e. The molecule has 1 aromatic rings. The molecule has 0 radical (unpaired) electrons. The molecule has 0 fully saturated rings. The summed E-state index contributed by atoms with van der Waals surface area (Å²) in [4.78, 5) is 23.1. The first kappa shape index (κ1) is 16.5. The number of rotatable bonds is 5. The summed E-state index contributed by atoms with van der Waals surface area (Å²) in [5, 5.41) is -1.36. The van der Waals surface area contributed by atoms with E-state index in [0.717, 1.165) is 13.4 Å². The van der Waals surface area contributed by atoms with Gasteiger partial charge in [-0.25, -0.2) is 13.1 Å². The standard InChI is InChI=1S/C11H14ClNO6S/c1-6(11(15)18-3)7(2)20(16,17)13-10(14)8-4-5-19-9(8)12/h4-7H,1-3H3,(H,13,14)/t6-,7-/m1/s1. The van der Waals surface area contributed by atoms with E-state index in [1.165, 1.54) is 19.9 Å². The first-order chi connectivity index (χ1) is 9.20.